The molecule has 2 rings (SSSR count). The average molecular weight is 291 g/mol. The molecule has 0 spiro atoms. The van der Waals surface area contributed by atoms with E-state index in [4.69, 9.17) is 4.74 Å². The van der Waals surface area contributed by atoms with E-state index in [1.165, 1.54) is 5.69 Å². The molecule has 0 saturated carbocycles. The third-order valence-electron chi connectivity index (χ3n) is 3.56. The van der Waals surface area contributed by atoms with E-state index < -0.39 is 5.60 Å². The molecule has 0 aromatic carbocycles. The molecule has 0 bridgehead atoms. The quantitative estimate of drug-likeness (QED) is 0.930. The molecule has 1 aromatic rings. The molecular formula is C16H25N3O2. The molecule has 0 aliphatic carbocycles. The fourth-order valence-corrected chi connectivity index (χ4v) is 2.48. The van der Waals surface area contributed by atoms with Gasteiger partial charge in [0.2, 0.25) is 0 Å². The highest BCUT2D eigenvalue weighted by Crippen LogP contribution is 2.22. The smallest absolute Gasteiger partial charge is 0.407 e. The van der Waals surface area contributed by atoms with Crippen molar-refractivity contribution in [2.24, 2.45) is 5.92 Å². The molecule has 116 valence electrons. The van der Waals surface area contributed by atoms with Crippen LogP contribution in [0.3, 0.4) is 0 Å². The van der Waals surface area contributed by atoms with Crippen LogP contribution in [0.5, 0.6) is 0 Å². The van der Waals surface area contributed by atoms with Crippen LogP contribution < -0.4 is 10.2 Å². The Morgan fingerprint density at radius 2 is 2.14 bits per heavy atom. The zero-order valence-corrected chi connectivity index (χ0v) is 13.1. The maximum atomic E-state index is 11.6. The van der Waals surface area contributed by atoms with Crippen LogP contribution in [0, 0.1) is 5.92 Å². The third kappa shape index (κ3) is 5.25. The Bertz CT molecular complexity index is 448. The number of alkyl carbamates (subject to hydrolysis) is 1. The zero-order valence-electron chi connectivity index (χ0n) is 13.1. The summed E-state index contributed by atoms with van der Waals surface area (Å²) in [5.41, 5.74) is 0.740. The normalized spacial score (nSPS) is 16.6. The van der Waals surface area contributed by atoms with Crippen LogP contribution in [-0.4, -0.2) is 36.3 Å². The topological polar surface area (TPSA) is 54.5 Å². The van der Waals surface area contributed by atoms with E-state index in [9.17, 15) is 4.79 Å². The number of carbonyl (C=O) groups is 1. The number of hydrogen-bond donors (Lipinski definition) is 1. The Balaban J connectivity index is 1.71. The van der Waals surface area contributed by atoms with E-state index in [0.717, 1.165) is 25.9 Å². The van der Waals surface area contributed by atoms with Crippen LogP contribution in [0.2, 0.25) is 0 Å². The number of hydrogen-bond acceptors (Lipinski definition) is 4. The Hall–Kier alpha value is -1.78. The van der Waals surface area contributed by atoms with Gasteiger partial charge in [-0.1, -0.05) is 0 Å². The number of carbonyl (C=O) groups excluding carboxylic acids is 1. The number of rotatable bonds is 3. The number of piperidine rings is 1. The summed E-state index contributed by atoms with van der Waals surface area (Å²) < 4.78 is 5.25. The second kappa shape index (κ2) is 6.78. The van der Waals surface area contributed by atoms with Gasteiger partial charge in [-0.15, -0.1) is 0 Å². The fourth-order valence-electron chi connectivity index (χ4n) is 2.48. The highest BCUT2D eigenvalue weighted by atomic mass is 16.6. The lowest BCUT2D eigenvalue weighted by Crippen LogP contribution is -2.40. The summed E-state index contributed by atoms with van der Waals surface area (Å²) >= 11 is 0. The Labute approximate surface area is 126 Å². The van der Waals surface area contributed by atoms with Crippen LogP contribution in [0.1, 0.15) is 33.6 Å². The van der Waals surface area contributed by atoms with E-state index in [2.05, 4.69) is 21.3 Å². The van der Waals surface area contributed by atoms with Gasteiger partial charge in [0, 0.05) is 25.8 Å². The molecule has 2 heterocycles. The van der Waals surface area contributed by atoms with Crippen molar-refractivity contribution in [3.05, 3.63) is 24.5 Å². The van der Waals surface area contributed by atoms with Crippen molar-refractivity contribution < 1.29 is 9.53 Å². The van der Waals surface area contributed by atoms with Crippen LogP contribution in [0.25, 0.3) is 0 Å². The van der Waals surface area contributed by atoms with Gasteiger partial charge in [-0.25, -0.2) is 4.79 Å². The summed E-state index contributed by atoms with van der Waals surface area (Å²) in [6.07, 6.45) is 5.52. The summed E-state index contributed by atoms with van der Waals surface area (Å²) in [6.45, 7) is 8.32. The molecule has 1 fully saturated rings. The van der Waals surface area contributed by atoms with Gasteiger partial charge >= 0.3 is 6.09 Å². The van der Waals surface area contributed by atoms with Crippen molar-refractivity contribution in [1.29, 1.82) is 0 Å². The molecule has 1 aliphatic heterocycles. The minimum atomic E-state index is -0.437. The van der Waals surface area contributed by atoms with E-state index in [1.54, 1.807) is 6.20 Å². The molecule has 1 amide bonds. The average Bonchev–Trinajstić information content (AvgIpc) is 2.45. The number of ether oxygens (including phenoxy) is 1. The van der Waals surface area contributed by atoms with E-state index in [-0.39, 0.29) is 6.09 Å². The number of nitrogens with zero attached hydrogens (tertiary/aromatic N) is 2. The van der Waals surface area contributed by atoms with Crippen LogP contribution in [0.4, 0.5) is 10.5 Å². The number of amides is 1. The maximum Gasteiger partial charge on any atom is 0.407 e. The van der Waals surface area contributed by atoms with Crippen molar-refractivity contribution in [3.8, 4) is 0 Å². The molecule has 1 saturated heterocycles. The van der Waals surface area contributed by atoms with Crippen molar-refractivity contribution >= 4 is 11.8 Å². The van der Waals surface area contributed by atoms with Gasteiger partial charge in [0.25, 0.3) is 0 Å². The number of nitrogens with one attached hydrogen (secondary N) is 1. The lowest BCUT2D eigenvalue weighted by molar-refractivity contribution is 0.0517. The molecule has 0 unspecified atom stereocenters. The minimum Gasteiger partial charge on any atom is -0.444 e. The summed E-state index contributed by atoms with van der Waals surface area (Å²) in [5.74, 6) is 0.519. The predicted octanol–water partition coefficient (Wildman–Crippen LogP) is 2.82. The van der Waals surface area contributed by atoms with Gasteiger partial charge in [0.05, 0.1) is 11.9 Å². The first-order chi connectivity index (χ1) is 9.94. The van der Waals surface area contributed by atoms with Crippen molar-refractivity contribution in [2.75, 3.05) is 24.5 Å². The van der Waals surface area contributed by atoms with Crippen LogP contribution in [-0.2, 0) is 4.74 Å². The number of aromatic nitrogens is 1. The first kappa shape index (κ1) is 15.6. The molecule has 0 radical (unpaired) electrons. The van der Waals surface area contributed by atoms with Gasteiger partial charge in [0.1, 0.15) is 5.60 Å². The van der Waals surface area contributed by atoms with Crippen molar-refractivity contribution in [2.45, 2.75) is 39.2 Å². The standard InChI is InChI=1S/C16H25N3O2/c1-16(2,3)21-15(20)18-11-13-6-9-19(10-7-13)14-5-4-8-17-12-14/h4-5,8,12-13H,6-7,9-11H2,1-3H3,(H,18,20). The van der Waals surface area contributed by atoms with Crippen LogP contribution in [0.15, 0.2) is 24.5 Å². The van der Waals surface area contributed by atoms with Gasteiger partial charge in [-0.2, -0.15) is 0 Å². The zero-order chi connectivity index (χ0) is 15.3. The van der Waals surface area contributed by atoms with Gasteiger partial charge in [-0.3, -0.25) is 4.98 Å². The molecule has 5 nitrogen and oxygen atoms in total. The highest BCUT2D eigenvalue weighted by molar-refractivity contribution is 5.67. The number of pyridine rings is 1. The molecule has 1 aliphatic rings. The van der Waals surface area contributed by atoms with Gasteiger partial charge in [-0.05, 0) is 51.7 Å². The summed E-state index contributed by atoms with van der Waals surface area (Å²) in [6, 6.07) is 4.05. The monoisotopic (exact) mass is 291 g/mol. The van der Waals surface area contributed by atoms with Gasteiger partial charge in [0.15, 0.2) is 0 Å². The summed E-state index contributed by atoms with van der Waals surface area (Å²) in [4.78, 5) is 18.1. The molecular weight excluding hydrogens is 266 g/mol. The molecule has 1 N–H and O–H groups in total. The van der Waals surface area contributed by atoms with Crippen molar-refractivity contribution in [3.63, 3.8) is 0 Å². The Morgan fingerprint density at radius 1 is 1.43 bits per heavy atom. The summed E-state index contributed by atoms with van der Waals surface area (Å²) in [7, 11) is 0. The Morgan fingerprint density at radius 3 is 2.71 bits per heavy atom. The van der Waals surface area contributed by atoms with E-state index in [0.29, 0.717) is 12.5 Å². The molecule has 1 aromatic heterocycles. The fraction of sp³-hybridized carbons (Fsp3) is 0.625. The molecule has 5 heteroatoms. The highest BCUT2D eigenvalue weighted by Gasteiger charge is 2.21. The second-order valence-corrected chi connectivity index (χ2v) is 6.52. The SMILES string of the molecule is CC(C)(C)OC(=O)NCC1CCN(c2cccnc2)CC1. The lowest BCUT2D eigenvalue weighted by atomic mass is 9.96. The van der Waals surface area contributed by atoms with Crippen molar-refractivity contribution in [1.82, 2.24) is 10.3 Å². The first-order valence-corrected chi connectivity index (χ1v) is 7.56. The van der Waals surface area contributed by atoms with E-state index >= 15 is 0 Å². The molecule has 0 atom stereocenters. The minimum absolute atomic E-state index is 0.322. The third-order valence-corrected chi connectivity index (χ3v) is 3.56. The second-order valence-electron chi connectivity index (χ2n) is 6.52. The molecule has 21 heavy (non-hydrogen) atoms. The maximum absolute atomic E-state index is 11.6. The lowest BCUT2D eigenvalue weighted by Gasteiger charge is -2.33. The Kier molecular flexibility index (Phi) is 5.04. The van der Waals surface area contributed by atoms with E-state index in [1.807, 2.05) is 33.0 Å². The van der Waals surface area contributed by atoms with Crippen LogP contribution >= 0.6 is 0 Å². The van der Waals surface area contributed by atoms with Gasteiger partial charge < -0.3 is 15.0 Å². The number of anilines is 1. The predicted molar refractivity (Wildman–Crippen MR) is 83.4 cm³/mol. The largest absolute Gasteiger partial charge is 0.444 e. The summed E-state index contributed by atoms with van der Waals surface area (Å²) in [5, 5.41) is 2.87. The first-order valence-electron chi connectivity index (χ1n) is 7.56.